The molecule has 0 bridgehead atoms. The number of ether oxygens (including phenoxy) is 1. The summed E-state index contributed by atoms with van der Waals surface area (Å²) in [5, 5.41) is 24.2. The van der Waals surface area contributed by atoms with Crippen molar-refractivity contribution in [2.75, 3.05) is 0 Å². The van der Waals surface area contributed by atoms with Gasteiger partial charge in [0.1, 0.15) is 28.9 Å². The summed E-state index contributed by atoms with van der Waals surface area (Å²) in [4.78, 5) is 23.4. The highest BCUT2D eigenvalue weighted by Crippen LogP contribution is 2.41. The second-order valence-electron chi connectivity index (χ2n) is 8.96. The highest BCUT2D eigenvalue weighted by molar-refractivity contribution is 7.11. The van der Waals surface area contributed by atoms with Crippen molar-refractivity contribution in [1.82, 2.24) is 19.7 Å². The fourth-order valence-electron chi connectivity index (χ4n) is 4.61. The third-order valence-electron chi connectivity index (χ3n) is 6.38. The van der Waals surface area contributed by atoms with Crippen LogP contribution >= 0.6 is 11.3 Å². The number of aliphatic hydroxyl groups excluding tert-OH is 2. The van der Waals surface area contributed by atoms with Gasteiger partial charge in [-0.2, -0.15) is 0 Å². The summed E-state index contributed by atoms with van der Waals surface area (Å²) >= 11 is 1.39. The van der Waals surface area contributed by atoms with Crippen LogP contribution in [0.15, 0.2) is 42.7 Å². The lowest BCUT2D eigenvalue weighted by Crippen LogP contribution is -2.45. The molecular formula is C25H24F2N4O4S. The maximum atomic E-state index is 14.0. The fourth-order valence-corrected chi connectivity index (χ4v) is 5.54. The number of imidazole rings is 1. The van der Waals surface area contributed by atoms with Gasteiger partial charge >= 0.3 is 0 Å². The molecular weight excluding hydrogens is 490 g/mol. The minimum Gasteiger partial charge on any atom is -0.485 e. The van der Waals surface area contributed by atoms with Crippen molar-refractivity contribution in [1.29, 1.82) is 0 Å². The average Bonchev–Trinajstić information content (AvgIpc) is 3.49. The quantitative estimate of drug-likeness (QED) is 0.364. The third-order valence-corrected chi connectivity index (χ3v) is 7.50. The number of rotatable bonds is 6. The van der Waals surface area contributed by atoms with Gasteiger partial charge in [0.2, 0.25) is 0 Å². The molecule has 0 unspecified atom stereocenters. The Balaban J connectivity index is 1.47. The Morgan fingerprint density at radius 3 is 2.53 bits per heavy atom. The first kappa shape index (κ1) is 24.3. The smallest absolute Gasteiger partial charge is 0.270 e. The number of pyridine rings is 1. The largest absolute Gasteiger partial charge is 0.485 e. The van der Waals surface area contributed by atoms with E-state index in [-0.39, 0.29) is 36.5 Å². The van der Waals surface area contributed by atoms with Crippen molar-refractivity contribution in [2.45, 2.75) is 51.0 Å². The molecule has 3 heterocycles. The number of carbonyl (C=O) groups is 1. The first-order chi connectivity index (χ1) is 17.2. The van der Waals surface area contributed by atoms with Crippen molar-refractivity contribution in [3.05, 3.63) is 81.2 Å². The lowest BCUT2D eigenvalue weighted by atomic mass is 9.97. The van der Waals surface area contributed by atoms with Crippen molar-refractivity contribution in [2.24, 2.45) is 0 Å². The monoisotopic (exact) mass is 514 g/mol. The number of amides is 1. The number of carbonyl (C=O) groups excluding carboxylic acids is 1. The van der Waals surface area contributed by atoms with Crippen LogP contribution in [0, 0.1) is 25.5 Å². The van der Waals surface area contributed by atoms with E-state index in [1.807, 2.05) is 6.92 Å². The van der Waals surface area contributed by atoms with Crippen LogP contribution in [0.2, 0.25) is 0 Å². The van der Waals surface area contributed by atoms with Crippen LogP contribution in [0.4, 0.5) is 8.78 Å². The van der Waals surface area contributed by atoms with Gasteiger partial charge < -0.3 is 20.3 Å². The number of hydrogen-bond acceptors (Lipinski definition) is 7. The first-order valence-corrected chi connectivity index (χ1v) is 12.1. The number of halogens is 2. The lowest BCUT2D eigenvalue weighted by Gasteiger charge is -2.28. The fraction of sp³-hybridized carbons (Fsp3) is 0.320. The highest BCUT2D eigenvalue weighted by Gasteiger charge is 2.48. The topological polar surface area (TPSA) is 109 Å². The summed E-state index contributed by atoms with van der Waals surface area (Å²) in [5.41, 5.74) is -0.300. The molecule has 1 fully saturated rings. The summed E-state index contributed by atoms with van der Waals surface area (Å²) in [5.74, 6) is -1.65. The summed E-state index contributed by atoms with van der Waals surface area (Å²) in [6, 6.07) is 6.83. The molecule has 1 amide bonds. The van der Waals surface area contributed by atoms with E-state index < -0.39 is 35.3 Å². The number of nitrogens with one attached hydrogen (secondary N) is 1. The molecule has 0 saturated heterocycles. The van der Waals surface area contributed by atoms with Gasteiger partial charge in [-0.3, -0.25) is 9.20 Å². The van der Waals surface area contributed by atoms with E-state index in [4.69, 9.17) is 4.74 Å². The second-order valence-corrected chi connectivity index (χ2v) is 10.2. The first-order valence-electron chi connectivity index (χ1n) is 11.3. The second kappa shape index (κ2) is 9.23. The zero-order valence-corrected chi connectivity index (χ0v) is 20.4. The van der Waals surface area contributed by atoms with Gasteiger partial charge in [0.15, 0.2) is 11.4 Å². The van der Waals surface area contributed by atoms with Crippen LogP contribution in [0.5, 0.6) is 5.75 Å². The third kappa shape index (κ3) is 4.23. The van der Waals surface area contributed by atoms with Crippen LogP contribution in [-0.2, 0) is 12.1 Å². The van der Waals surface area contributed by atoms with Crippen LogP contribution in [0.25, 0.3) is 5.65 Å². The highest BCUT2D eigenvalue weighted by atomic mass is 32.1. The molecule has 0 spiro atoms. The summed E-state index contributed by atoms with van der Waals surface area (Å²) in [7, 11) is 0. The Bertz CT molecular complexity index is 1420. The molecule has 36 heavy (non-hydrogen) atoms. The number of fused-ring (bicyclic) bond motifs is 1. The van der Waals surface area contributed by atoms with Crippen LogP contribution < -0.4 is 10.1 Å². The molecule has 3 N–H and O–H groups in total. The molecule has 3 aromatic heterocycles. The van der Waals surface area contributed by atoms with Gasteiger partial charge in [-0.05, 0) is 38.1 Å². The van der Waals surface area contributed by atoms with Crippen LogP contribution in [0.3, 0.4) is 0 Å². The molecule has 1 saturated carbocycles. The Kier molecular flexibility index (Phi) is 6.23. The number of aliphatic hydroxyl groups is 2. The van der Waals surface area contributed by atoms with Gasteiger partial charge in [0.25, 0.3) is 5.91 Å². The minimum absolute atomic E-state index is 0.116. The summed E-state index contributed by atoms with van der Waals surface area (Å²) in [6.45, 7) is 3.20. The standard InChI is InChI=1S/C25H24F2N4O4S/c1-13-11-28-24(36-13)25(9-18(32)19(33)10-25)30-23(34)21-14(2)29-22-20(7-4-8-31(21)22)35-12-15-16(26)5-3-6-17(15)27/h3-8,11,18-19,32-33H,9-10,12H2,1-2H3,(H,30,34)/t18-,19+,25-. The maximum Gasteiger partial charge on any atom is 0.270 e. The number of nitrogens with zero attached hydrogens (tertiary/aromatic N) is 3. The van der Waals surface area contributed by atoms with Crippen molar-refractivity contribution < 1.29 is 28.5 Å². The SMILES string of the molecule is Cc1cnc([C@@]2(NC(=O)c3c(C)nc4c(OCc5c(F)cccc5F)cccn34)C[C@@H](O)[C@@H](O)C2)s1. The maximum absolute atomic E-state index is 14.0. The molecule has 5 rings (SSSR count). The van der Waals surface area contributed by atoms with E-state index in [1.54, 1.807) is 35.9 Å². The molecule has 1 aliphatic carbocycles. The van der Waals surface area contributed by atoms with E-state index in [0.29, 0.717) is 16.3 Å². The van der Waals surface area contributed by atoms with Crippen LogP contribution in [-0.4, -0.2) is 42.7 Å². The molecule has 8 nitrogen and oxygen atoms in total. The zero-order valence-electron chi connectivity index (χ0n) is 19.5. The molecule has 11 heteroatoms. The summed E-state index contributed by atoms with van der Waals surface area (Å²) < 4.78 is 35.3. The van der Waals surface area contributed by atoms with Crippen molar-refractivity contribution in [3.8, 4) is 5.75 Å². The van der Waals surface area contributed by atoms with E-state index in [1.165, 1.54) is 17.4 Å². The number of aromatic nitrogens is 3. The molecule has 188 valence electrons. The Morgan fingerprint density at radius 1 is 1.19 bits per heavy atom. The molecule has 1 aromatic carbocycles. The molecule has 4 aromatic rings. The van der Waals surface area contributed by atoms with E-state index >= 15 is 0 Å². The average molecular weight is 515 g/mol. The normalized spacial score (nSPS) is 21.7. The van der Waals surface area contributed by atoms with Crippen molar-refractivity contribution in [3.63, 3.8) is 0 Å². The Labute approximate surface area is 209 Å². The van der Waals surface area contributed by atoms with E-state index in [9.17, 15) is 23.8 Å². The Hall–Kier alpha value is -3.41. The molecule has 0 aliphatic heterocycles. The summed E-state index contributed by atoms with van der Waals surface area (Å²) in [6.07, 6.45) is 1.55. The number of aryl methyl sites for hydroxylation is 2. The van der Waals surface area contributed by atoms with Gasteiger partial charge in [0.05, 0.1) is 29.0 Å². The lowest BCUT2D eigenvalue weighted by molar-refractivity contribution is 0.0438. The van der Waals surface area contributed by atoms with Crippen LogP contribution in [0.1, 0.15) is 44.5 Å². The predicted octanol–water partition coefficient (Wildman–Crippen LogP) is 3.41. The molecule has 1 aliphatic rings. The van der Waals surface area contributed by atoms with E-state index in [2.05, 4.69) is 15.3 Å². The van der Waals surface area contributed by atoms with Gasteiger partial charge in [-0.25, -0.2) is 18.7 Å². The molecule has 3 atom stereocenters. The number of thiazole rings is 1. The van der Waals surface area contributed by atoms with Crippen molar-refractivity contribution >= 4 is 22.9 Å². The minimum atomic E-state index is -1.04. The number of benzene rings is 1. The van der Waals surface area contributed by atoms with Gasteiger partial charge in [-0.15, -0.1) is 11.3 Å². The predicted molar refractivity (Wildman–Crippen MR) is 128 cm³/mol. The zero-order chi connectivity index (χ0) is 25.6. The number of hydrogen-bond donors (Lipinski definition) is 3. The Morgan fingerprint density at radius 2 is 1.89 bits per heavy atom. The van der Waals surface area contributed by atoms with Gasteiger partial charge in [-0.1, -0.05) is 6.07 Å². The molecule has 0 radical (unpaired) electrons. The van der Waals surface area contributed by atoms with Gasteiger partial charge in [0, 0.05) is 30.1 Å². The van der Waals surface area contributed by atoms with E-state index in [0.717, 1.165) is 17.0 Å².